The highest BCUT2D eigenvalue weighted by Crippen LogP contribution is 2.23. The first-order valence-electron chi connectivity index (χ1n) is 9.14. The van der Waals surface area contributed by atoms with Gasteiger partial charge in [0.1, 0.15) is 0 Å². The van der Waals surface area contributed by atoms with Crippen molar-refractivity contribution in [1.82, 2.24) is 9.80 Å². The molecule has 1 aromatic rings. The molecule has 1 N–H and O–H groups in total. The number of hydrogen-bond donors (Lipinski definition) is 1. The van der Waals surface area contributed by atoms with E-state index in [1.807, 2.05) is 11.8 Å². The van der Waals surface area contributed by atoms with Crippen molar-refractivity contribution in [3.8, 4) is 0 Å². The predicted molar refractivity (Wildman–Crippen MR) is 99.7 cm³/mol. The molecule has 0 radical (unpaired) electrons. The maximum Gasteiger partial charge on any atom is 0.241 e. The summed E-state index contributed by atoms with van der Waals surface area (Å²) in [5, 5.41) is 3.58. The standard InChI is InChI=1S/C19H26ClN3O2/c1-14(18(24)21-17-6-4-16(20)5-7-17)22-12-8-15(9-13-22)19(25)23-10-2-3-11-23/h4-7,14-15H,2-3,8-13H2,1H3,(H,21,24). The summed E-state index contributed by atoms with van der Waals surface area (Å²) in [6, 6.07) is 6.91. The van der Waals surface area contributed by atoms with Crippen LogP contribution < -0.4 is 5.32 Å². The van der Waals surface area contributed by atoms with Gasteiger partial charge >= 0.3 is 0 Å². The van der Waals surface area contributed by atoms with E-state index in [-0.39, 0.29) is 17.9 Å². The van der Waals surface area contributed by atoms with Crippen LogP contribution in [-0.4, -0.2) is 53.8 Å². The van der Waals surface area contributed by atoms with Gasteiger partial charge < -0.3 is 10.2 Å². The third kappa shape index (κ3) is 4.53. The zero-order valence-electron chi connectivity index (χ0n) is 14.7. The Kier molecular flexibility index (Phi) is 5.97. The number of nitrogens with zero attached hydrogens (tertiary/aromatic N) is 2. The maximum absolute atomic E-state index is 12.5. The lowest BCUT2D eigenvalue weighted by atomic mass is 9.94. The number of carbonyl (C=O) groups excluding carboxylic acids is 2. The van der Waals surface area contributed by atoms with Gasteiger partial charge in [-0.1, -0.05) is 11.6 Å². The minimum Gasteiger partial charge on any atom is -0.342 e. The van der Waals surface area contributed by atoms with Gasteiger partial charge in [-0.25, -0.2) is 0 Å². The Bertz CT molecular complexity index is 606. The first kappa shape index (κ1) is 18.2. The molecule has 0 aromatic heterocycles. The maximum atomic E-state index is 12.5. The van der Waals surface area contributed by atoms with E-state index in [0.717, 1.165) is 57.5 Å². The fourth-order valence-electron chi connectivity index (χ4n) is 3.68. The van der Waals surface area contributed by atoms with Gasteiger partial charge in [0.25, 0.3) is 0 Å². The van der Waals surface area contributed by atoms with E-state index in [0.29, 0.717) is 10.9 Å². The first-order valence-corrected chi connectivity index (χ1v) is 9.51. The lowest BCUT2D eigenvalue weighted by Crippen LogP contribution is -2.48. The molecule has 25 heavy (non-hydrogen) atoms. The number of benzene rings is 1. The Morgan fingerprint density at radius 3 is 2.28 bits per heavy atom. The summed E-state index contributed by atoms with van der Waals surface area (Å²) in [6.45, 7) is 5.34. The zero-order valence-corrected chi connectivity index (χ0v) is 15.5. The smallest absolute Gasteiger partial charge is 0.241 e. The van der Waals surface area contributed by atoms with Crippen LogP contribution in [-0.2, 0) is 9.59 Å². The molecule has 2 heterocycles. The quantitative estimate of drug-likeness (QED) is 0.894. The Balaban J connectivity index is 1.48. The van der Waals surface area contributed by atoms with Crippen molar-refractivity contribution in [2.45, 2.75) is 38.6 Å². The highest BCUT2D eigenvalue weighted by Gasteiger charge is 2.32. The summed E-state index contributed by atoms with van der Waals surface area (Å²) in [5.41, 5.74) is 0.750. The monoisotopic (exact) mass is 363 g/mol. The second-order valence-corrected chi connectivity index (χ2v) is 7.45. The van der Waals surface area contributed by atoms with Crippen LogP contribution in [0.3, 0.4) is 0 Å². The van der Waals surface area contributed by atoms with Crippen LogP contribution in [0.4, 0.5) is 5.69 Å². The van der Waals surface area contributed by atoms with Gasteiger partial charge in [-0.2, -0.15) is 0 Å². The van der Waals surface area contributed by atoms with Crippen molar-refractivity contribution >= 4 is 29.1 Å². The van der Waals surface area contributed by atoms with Crippen molar-refractivity contribution in [2.24, 2.45) is 5.92 Å². The third-order valence-electron chi connectivity index (χ3n) is 5.34. The molecular formula is C19H26ClN3O2. The number of halogens is 1. The van der Waals surface area contributed by atoms with Crippen LogP contribution in [0, 0.1) is 5.92 Å². The van der Waals surface area contributed by atoms with Gasteiger partial charge in [-0.15, -0.1) is 0 Å². The second-order valence-electron chi connectivity index (χ2n) is 7.01. The molecular weight excluding hydrogens is 338 g/mol. The molecule has 0 aliphatic carbocycles. The Morgan fingerprint density at radius 1 is 1.08 bits per heavy atom. The summed E-state index contributed by atoms with van der Waals surface area (Å²) in [6.07, 6.45) is 3.95. The molecule has 136 valence electrons. The summed E-state index contributed by atoms with van der Waals surface area (Å²) in [7, 11) is 0. The van der Waals surface area contributed by atoms with Crippen molar-refractivity contribution < 1.29 is 9.59 Å². The van der Waals surface area contributed by atoms with Crippen LogP contribution in [0.5, 0.6) is 0 Å². The van der Waals surface area contributed by atoms with E-state index >= 15 is 0 Å². The van der Waals surface area contributed by atoms with Crippen molar-refractivity contribution in [3.63, 3.8) is 0 Å². The van der Waals surface area contributed by atoms with E-state index < -0.39 is 0 Å². The molecule has 3 rings (SSSR count). The van der Waals surface area contributed by atoms with E-state index in [1.165, 1.54) is 0 Å². The minimum absolute atomic E-state index is 0.0216. The van der Waals surface area contributed by atoms with Crippen LogP contribution in [0.1, 0.15) is 32.6 Å². The van der Waals surface area contributed by atoms with Crippen molar-refractivity contribution in [1.29, 1.82) is 0 Å². The zero-order chi connectivity index (χ0) is 17.8. The van der Waals surface area contributed by atoms with Crippen molar-refractivity contribution in [3.05, 3.63) is 29.3 Å². The molecule has 2 amide bonds. The molecule has 0 saturated carbocycles. The molecule has 0 bridgehead atoms. The largest absolute Gasteiger partial charge is 0.342 e. The van der Waals surface area contributed by atoms with Gasteiger partial charge in [0.15, 0.2) is 0 Å². The Morgan fingerprint density at radius 2 is 1.68 bits per heavy atom. The van der Waals surface area contributed by atoms with Crippen LogP contribution in [0.2, 0.25) is 5.02 Å². The number of rotatable bonds is 4. The van der Waals surface area contributed by atoms with Crippen LogP contribution in [0.15, 0.2) is 24.3 Å². The first-order chi connectivity index (χ1) is 12.0. The summed E-state index contributed by atoms with van der Waals surface area (Å²) >= 11 is 5.87. The average Bonchev–Trinajstić information content (AvgIpc) is 3.17. The topological polar surface area (TPSA) is 52.7 Å². The Labute approximate surface area is 154 Å². The van der Waals surface area contributed by atoms with E-state index in [4.69, 9.17) is 11.6 Å². The number of carbonyl (C=O) groups is 2. The van der Waals surface area contributed by atoms with E-state index in [9.17, 15) is 9.59 Å². The van der Waals surface area contributed by atoms with Gasteiger partial charge in [-0.3, -0.25) is 14.5 Å². The summed E-state index contributed by atoms with van der Waals surface area (Å²) < 4.78 is 0. The number of nitrogens with one attached hydrogen (secondary N) is 1. The van der Waals surface area contributed by atoms with Crippen LogP contribution >= 0.6 is 11.6 Å². The van der Waals surface area contributed by atoms with Gasteiger partial charge in [0.05, 0.1) is 6.04 Å². The Hall–Kier alpha value is -1.59. The van der Waals surface area contributed by atoms with Crippen molar-refractivity contribution in [2.75, 3.05) is 31.5 Å². The lowest BCUT2D eigenvalue weighted by molar-refractivity contribution is -0.136. The molecule has 0 spiro atoms. The molecule has 1 aromatic carbocycles. The molecule has 5 nitrogen and oxygen atoms in total. The molecule has 1 unspecified atom stereocenters. The minimum atomic E-state index is -0.210. The number of amides is 2. The molecule has 2 saturated heterocycles. The van der Waals surface area contributed by atoms with E-state index in [1.54, 1.807) is 24.3 Å². The second kappa shape index (κ2) is 8.19. The highest BCUT2D eigenvalue weighted by atomic mass is 35.5. The molecule has 6 heteroatoms. The van der Waals surface area contributed by atoms with Crippen LogP contribution in [0.25, 0.3) is 0 Å². The molecule has 1 atom stereocenters. The number of hydrogen-bond acceptors (Lipinski definition) is 3. The SMILES string of the molecule is CC(C(=O)Nc1ccc(Cl)cc1)N1CCC(C(=O)N2CCCC2)CC1. The summed E-state index contributed by atoms with van der Waals surface area (Å²) in [5.74, 6) is 0.419. The fraction of sp³-hybridized carbons (Fsp3) is 0.579. The van der Waals surface area contributed by atoms with Gasteiger partial charge in [0.2, 0.25) is 11.8 Å². The molecule has 2 aliphatic rings. The molecule has 2 aliphatic heterocycles. The van der Waals surface area contributed by atoms with Gasteiger partial charge in [-0.05, 0) is 70.0 Å². The third-order valence-corrected chi connectivity index (χ3v) is 5.59. The highest BCUT2D eigenvalue weighted by molar-refractivity contribution is 6.30. The number of piperidine rings is 1. The fourth-order valence-corrected chi connectivity index (χ4v) is 3.80. The number of likely N-dealkylation sites (tertiary alicyclic amines) is 2. The predicted octanol–water partition coefficient (Wildman–Crippen LogP) is 3.00. The lowest BCUT2D eigenvalue weighted by Gasteiger charge is -2.36. The van der Waals surface area contributed by atoms with E-state index in [2.05, 4.69) is 10.2 Å². The average molecular weight is 364 g/mol. The summed E-state index contributed by atoms with van der Waals surface area (Å²) in [4.78, 5) is 29.1. The molecule has 2 fully saturated rings. The normalized spacial score (nSPS) is 20.5. The number of anilines is 1. The van der Waals surface area contributed by atoms with Gasteiger partial charge in [0, 0.05) is 29.7 Å².